The fourth-order valence-electron chi connectivity index (χ4n) is 1.93. The first-order chi connectivity index (χ1) is 7.99. The van der Waals surface area contributed by atoms with Gasteiger partial charge in [-0.2, -0.15) is 0 Å². The SMILES string of the molecule is CN(C)Cc1nc(N(C)C)cc2c1CNC2=O. The molecule has 1 N–H and O–H groups in total. The van der Waals surface area contributed by atoms with Crippen LogP contribution in [0.5, 0.6) is 0 Å². The van der Waals surface area contributed by atoms with E-state index in [2.05, 4.69) is 15.2 Å². The normalized spacial score (nSPS) is 13.8. The van der Waals surface area contributed by atoms with E-state index in [1.54, 1.807) is 0 Å². The van der Waals surface area contributed by atoms with Crippen LogP contribution in [0.4, 0.5) is 5.82 Å². The second kappa shape index (κ2) is 4.33. The van der Waals surface area contributed by atoms with E-state index >= 15 is 0 Å². The van der Waals surface area contributed by atoms with Crippen LogP contribution in [0.2, 0.25) is 0 Å². The zero-order valence-corrected chi connectivity index (χ0v) is 10.7. The van der Waals surface area contributed by atoms with E-state index < -0.39 is 0 Å². The van der Waals surface area contributed by atoms with Crippen molar-refractivity contribution in [3.05, 3.63) is 22.9 Å². The third kappa shape index (κ3) is 2.24. The highest BCUT2D eigenvalue weighted by molar-refractivity contribution is 5.99. The second-order valence-corrected chi connectivity index (χ2v) is 4.77. The summed E-state index contributed by atoms with van der Waals surface area (Å²) >= 11 is 0. The fraction of sp³-hybridized carbons (Fsp3) is 0.500. The molecule has 2 heterocycles. The standard InChI is InChI=1S/C12H18N4O/c1-15(2)7-10-9-6-13-12(17)8(9)5-11(14-10)16(3)4/h5H,6-7H2,1-4H3,(H,13,17). The van der Waals surface area contributed by atoms with Gasteiger partial charge in [-0.1, -0.05) is 0 Å². The number of hydrogen-bond donors (Lipinski definition) is 1. The molecule has 0 spiro atoms. The maximum atomic E-state index is 11.7. The van der Waals surface area contributed by atoms with E-state index in [0.29, 0.717) is 6.54 Å². The molecule has 17 heavy (non-hydrogen) atoms. The van der Waals surface area contributed by atoms with Crippen LogP contribution >= 0.6 is 0 Å². The van der Waals surface area contributed by atoms with Crippen molar-refractivity contribution in [1.29, 1.82) is 0 Å². The van der Waals surface area contributed by atoms with Crippen LogP contribution in [0.25, 0.3) is 0 Å². The Morgan fingerprint density at radius 2 is 2.06 bits per heavy atom. The molecule has 0 saturated carbocycles. The maximum absolute atomic E-state index is 11.7. The predicted molar refractivity (Wildman–Crippen MR) is 67.1 cm³/mol. The predicted octanol–water partition coefficient (Wildman–Crippen LogP) is 0.453. The first-order valence-corrected chi connectivity index (χ1v) is 5.62. The third-order valence-electron chi connectivity index (χ3n) is 2.79. The Kier molecular flexibility index (Phi) is 3.02. The summed E-state index contributed by atoms with van der Waals surface area (Å²) in [4.78, 5) is 20.3. The molecule has 0 radical (unpaired) electrons. The molecule has 5 nitrogen and oxygen atoms in total. The second-order valence-electron chi connectivity index (χ2n) is 4.77. The van der Waals surface area contributed by atoms with Crippen molar-refractivity contribution >= 4 is 11.7 Å². The van der Waals surface area contributed by atoms with Crippen molar-refractivity contribution in [2.45, 2.75) is 13.1 Å². The summed E-state index contributed by atoms with van der Waals surface area (Å²) in [6.07, 6.45) is 0. The number of anilines is 1. The molecule has 2 rings (SSSR count). The fourth-order valence-corrected chi connectivity index (χ4v) is 1.93. The number of rotatable bonds is 3. The van der Waals surface area contributed by atoms with Gasteiger partial charge in [0.05, 0.1) is 5.69 Å². The largest absolute Gasteiger partial charge is 0.363 e. The minimum atomic E-state index is 0.00510. The molecule has 1 aliphatic heterocycles. The number of carbonyl (C=O) groups is 1. The van der Waals surface area contributed by atoms with Crippen LogP contribution in [-0.2, 0) is 13.1 Å². The number of nitrogens with zero attached hydrogens (tertiary/aromatic N) is 3. The third-order valence-corrected chi connectivity index (χ3v) is 2.79. The van der Waals surface area contributed by atoms with Gasteiger partial charge in [0.1, 0.15) is 5.82 Å². The zero-order chi connectivity index (χ0) is 12.6. The molecule has 1 amide bonds. The van der Waals surface area contributed by atoms with Gasteiger partial charge in [0, 0.05) is 38.3 Å². The summed E-state index contributed by atoms with van der Waals surface area (Å²) < 4.78 is 0. The Labute approximate surface area is 101 Å². The van der Waals surface area contributed by atoms with E-state index in [1.807, 2.05) is 39.2 Å². The van der Waals surface area contributed by atoms with Crippen molar-refractivity contribution in [1.82, 2.24) is 15.2 Å². The Bertz CT molecular complexity index is 454. The number of aromatic nitrogens is 1. The first kappa shape index (κ1) is 11.9. The molecule has 0 unspecified atom stereocenters. The van der Waals surface area contributed by atoms with Crippen LogP contribution in [0.1, 0.15) is 21.6 Å². The maximum Gasteiger partial charge on any atom is 0.252 e. The van der Waals surface area contributed by atoms with Gasteiger partial charge < -0.3 is 15.1 Å². The lowest BCUT2D eigenvalue weighted by Crippen LogP contribution is -2.17. The van der Waals surface area contributed by atoms with Crippen LogP contribution in [0.3, 0.4) is 0 Å². The molecule has 0 atom stereocenters. The van der Waals surface area contributed by atoms with Gasteiger partial charge >= 0.3 is 0 Å². The summed E-state index contributed by atoms with van der Waals surface area (Å²) in [5.41, 5.74) is 2.78. The molecule has 0 aromatic carbocycles. The molecule has 0 bridgehead atoms. The number of amides is 1. The van der Waals surface area contributed by atoms with Crippen molar-refractivity contribution in [3.63, 3.8) is 0 Å². The number of pyridine rings is 1. The minimum Gasteiger partial charge on any atom is -0.363 e. The average molecular weight is 234 g/mol. The van der Waals surface area contributed by atoms with E-state index in [4.69, 9.17) is 0 Å². The van der Waals surface area contributed by atoms with Crippen LogP contribution in [0.15, 0.2) is 6.07 Å². The summed E-state index contributed by atoms with van der Waals surface area (Å²) in [6, 6.07) is 1.86. The topological polar surface area (TPSA) is 48.5 Å². The lowest BCUT2D eigenvalue weighted by atomic mass is 10.1. The molecule has 0 aliphatic carbocycles. The van der Waals surface area contributed by atoms with Crippen molar-refractivity contribution < 1.29 is 4.79 Å². The van der Waals surface area contributed by atoms with E-state index in [0.717, 1.165) is 29.2 Å². The lowest BCUT2D eigenvalue weighted by Gasteiger charge is -2.17. The van der Waals surface area contributed by atoms with E-state index in [9.17, 15) is 4.79 Å². The van der Waals surface area contributed by atoms with Gasteiger partial charge in [-0.15, -0.1) is 0 Å². The monoisotopic (exact) mass is 234 g/mol. The van der Waals surface area contributed by atoms with E-state index in [1.165, 1.54) is 0 Å². The van der Waals surface area contributed by atoms with Crippen LogP contribution in [0, 0.1) is 0 Å². The molecule has 5 heteroatoms. The van der Waals surface area contributed by atoms with Gasteiger partial charge in [-0.05, 0) is 20.2 Å². The molecular formula is C12H18N4O. The molecule has 92 valence electrons. The average Bonchev–Trinajstić information content (AvgIpc) is 2.60. The Hall–Kier alpha value is -1.62. The van der Waals surface area contributed by atoms with Crippen LogP contribution < -0.4 is 10.2 Å². The molecule has 0 fully saturated rings. The zero-order valence-electron chi connectivity index (χ0n) is 10.7. The lowest BCUT2D eigenvalue weighted by molar-refractivity contribution is 0.0966. The van der Waals surface area contributed by atoms with Gasteiger partial charge in [-0.25, -0.2) is 4.98 Å². The number of hydrogen-bond acceptors (Lipinski definition) is 4. The van der Waals surface area contributed by atoms with Crippen molar-refractivity contribution in [2.75, 3.05) is 33.1 Å². The molecule has 1 aromatic rings. The van der Waals surface area contributed by atoms with Crippen molar-refractivity contribution in [3.8, 4) is 0 Å². The molecule has 1 aromatic heterocycles. The summed E-state index contributed by atoms with van der Waals surface area (Å²) in [5, 5.41) is 2.85. The Morgan fingerprint density at radius 3 is 2.65 bits per heavy atom. The van der Waals surface area contributed by atoms with Gasteiger partial charge in [0.2, 0.25) is 0 Å². The van der Waals surface area contributed by atoms with Crippen LogP contribution in [-0.4, -0.2) is 44.0 Å². The molecule has 1 aliphatic rings. The molecule has 0 saturated heterocycles. The van der Waals surface area contributed by atoms with Crippen molar-refractivity contribution in [2.24, 2.45) is 0 Å². The number of nitrogens with one attached hydrogen (secondary N) is 1. The summed E-state index contributed by atoms with van der Waals surface area (Å²) in [7, 11) is 7.86. The highest BCUT2D eigenvalue weighted by Crippen LogP contribution is 2.23. The quantitative estimate of drug-likeness (QED) is 0.825. The molecular weight excluding hydrogens is 216 g/mol. The number of fused-ring (bicyclic) bond motifs is 1. The summed E-state index contributed by atoms with van der Waals surface area (Å²) in [5.74, 6) is 0.836. The number of carbonyl (C=O) groups excluding carboxylic acids is 1. The Balaban J connectivity index is 2.50. The highest BCUT2D eigenvalue weighted by Gasteiger charge is 2.24. The summed E-state index contributed by atoms with van der Waals surface area (Å²) in [6.45, 7) is 1.34. The van der Waals surface area contributed by atoms with E-state index in [-0.39, 0.29) is 5.91 Å². The van der Waals surface area contributed by atoms with Gasteiger partial charge in [-0.3, -0.25) is 4.79 Å². The smallest absolute Gasteiger partial charge is 0.252 e. The van der Waals surface area contributed by atoms with Gasteiger partial charge in [0.25, 0.3) is 5.91 Å². The Morgan fingerprint density at radius 1 is 1.35 bits per heavy atom. The first-order valence-electron chi connectivity index (χ1n) is 5.62. The van der Waals surface area contributed by atoms with Gasteiger partial charge in [0.15, 0.2) is 0 Å². The highest BCUT2D eigenvalue weighted by atomic mass is 16.1. The minimum absolute atomic E-state index is 0.00510.